The average Bonchev–Trinajstić information content (AvgIpc) is 2.84. The zero-order valence-electron chi connectivity index (χ0n) is 10.3. The van der Waals surface area contributed by atoms with Crippen molar-refractivity contribution in [1.82, 2.24) is 4.98 Å². The van der Waals surface area contributed by atoms with Crippen LogP contribution in [-0.2, 0) is 17.6 Å². The first kappa shape index (κ1) is 12.6. The Bertz CT molecular complexity index is 460. The number of pyridine rings is 1. The van der Waals surface area contributed by atoms with Gasteiger partial charge >= 0.3 is 0 Å². The highest BCUT2D eigenvalue weighted by atomic mass is 16.5. The summed E-state index contributed by atoms with van der Waals surface area (Å²) in [5.41, 5.74) is 8.37. The highest BCUT2D eigenvalue weighted by Crippen LogP contribution is 2.26. The van der Waals surface area contributed by atoms with Crippen LogP contribution in [0.3, 0.4) is 0 Å². The van der Waals surface area contributed by atoms with E-state index in [1.807, 2.05) is 6.07 Å². The van der Waals surface area contributed by atoms with E-state index in [0.29, 0.717) is 24.7 Å². The van der Waals surface area contributed by atoms with Crippen molar-refractivity contribution in [2.45, 2.75) is 19.3 Å². The molecule has 0 bridgehead atoms. The Morgan fingerprint density at radius 3 is 3.06 bits per heavy atom. The van der Waals surface area contributed by atoms with Crippen LogP contribution in [0.5, 0.6) is 5.88 Å². The summed E-state index contributed by atoms with van der Waals surface area (Å²) in [6, 6.07) is 1.90. The lowest BCUT2D eigenvalue weighted by Crippen LogP contribution is -2.18. The van der Waals surface area contributed by atoms with Gasteiger partial charge in [-0.3, -0.25) is 0 Å². The van der Waals surface area contributed by atoms with E-state index in [1.165, 1.54) is 0 Å². The highest BCUT2D eigenvalue weighted by molar-refractivity contribution is 5.99. The zero-order chi connectivity index (χ0) is 13.0. The summed E-state index contributed by atoms with van der Waals surface area (Å²) < 4.78 is 10.4. The summed E-state index contributed by atoms with van der Waals surface area (Å²) >= 11 is 0. The Morgan fingerprint density at radius 2 is 2.33 bits per heavy atom. The molecule has 2 rings (SSSR count). The second-order valence-corrected chi connectivity index (χ2v) is 4.13. The minimum absolute atomic E-state index is 0.0182. The third-order valence-electron chi connectivity index (χ3n) is 2.93. The molecule has 6 nitrogen and oxygen atoms in total. The molecule has 0 aromatic carbocycles. The van der Waals surface area contributed by atoms with Crippen molar-refractivity contribution in [3.8, 4) is 5.88 Å². The van der Waals surface area contributed by atoms with Crippen LogP contribution in [0.25, 0.3) is 0 Å². The Hall–Kier alpha value is -1.82. The SMILES string of the molecule is COCCOc1nc2c(cc1C(N)=NO)CCC2. The summed E-state index contributed by atoms with van der Waals surface area (Å²) in [7, 11) is 1.60. The van der Waals surface area contributed by atoms with Crippen LogP contribution in [0.1, 0.15) is 23.2 Å². The molecule has 1 aromatic rings. The average molecular weight is 251 g/mol. The smallest absolute Gasteiger partial charge is 0.224 e. The van der Waals surface area contributed by atoms with Gasteiger partial charge in [-0.05, 0) is 30.9 Å². The van der Waals surface area contributed by atoms with Gasteiger partial charge in [0.25, 0.3) is 0 Å². The molecule has 3 N–H and O–H groups in total. The van der Waals surface area contributed by atoms with Crippen LogP contribution in [-0.4, -0.2) is 36.4 Å². The predicted molar refractivity (Wildman–Crippen MR) is 66.1 cm³/mol. The van der Waals surface area contributed by atoms with Crippen LogP contribution in [0.4, 0.5) is 0 Å². The maximum atomic E-state index is 8.79. The number of aryl methyl sites for hydroxylation is 2. The number of fused-ring (bicyclic) bond motifs is 1. The number of hydrogen-bond donors (Lipinski definition) is 2. The first-order valence-corrected chi connectivity index (χ1v) is 5.88. The van der Waals surface area contributed by atoms with Gasteiger partial charge in [0, 0.05) is 12.8 Å². The molecule has 0 radical (unpaired) electrons. The van der Waals surface area contributed by atoms with E-state index < -0.39 is 0 Å². The number of ether oxygens (including phenoxy) is 2. The highest BCUT2D eigenvalue weighted by Gasteiger charge is 2.19. The molecule has 98 valence electrons. The minimum atomic E-state index is 0.0182. The number of nitrogens with two attached hydrogens (primary N) is 1. The van der Waals surface area contributed by atoms with E-state index in [0.717, 1.165) is 30.5 Å². The molecule has 0 atom stereocenters. The number of oxime groups is 1. The van der Waals surface area contributed by atoms with Gasteiger partial charge in [-0.2, -0.15) is 0 Å². The summed E-state index contributed by atoms with van der Waals surface area (Å²) in [5, 5.41) is 11.8. The monoisotopic (exact) mass is 251 g/mol. The molecule has 1 aliphatic carbocycles. The van der Waals surface area contributed by atoms with Gasteiger partial charge in [-0.1, -0.05) is 5.16 Å². The first-order chi connectivity index (χ1) is 8.76. The Kier molecular flexibility index (Phi) is 3.99. The summed E-state index contributed by atoms with van der Waals surface area (Å²) in [6.45, 7) is 0.850. The third-order valence-corrected chi connectivity index (χ3v) is 2.93. The molecule has 0 amide bonds. The number of rotatable bonds is 5. The molecule has 1 aromatic heterocycles. The minimum Gasteiger partial charge on any atom is -0.475 e. The molecule has 6 heteroatoms. The van der Waals surface area contributed by atoms with E-state index in [4.69, 9.17) is 20.4 Å². The normalized spacial score (nSPS) is 14.6. The largest absolute Gasteiger partial charge is 0.475 e. The number of aromatic nitrogens is 1. The Morgan fingerprint density at radius 1 is 1.50 bits per heavy atom. The van der Waals surface area contributed by atoms with Crippen LogP contribution in [0.2, 0.25) is 0 Å². The summed E-state index contributed by atoms with van der Waals surface area (Å²) in [4.78, 5) is 4.44. The zero-order valence-corrected chi connectivity index (χ0v) is 10.3. The maximum Gasteiger partial charge on any atom is 0.224 e. The van der Waals surface area contributed by atoms with Crippen molar-refractivity contribution in [1.29, 1.82) is 0 Å². The van der Waals surface area contributed by atoms with Crippen molar-refractivity contribution >= 4 is 5.84 Å². The Labute approximate surface area is 105 Å². The number of hydrogen-bond acceptors (Lipinski definition) is 5. The van der Waals surface area contributed by atoms with Crippen LogP contribution in [0, 0.1) is 0 Å². The lowest BCUT2D eigenvalue weighted by atomic mass is 10.1. The third kappa shape index (κ3) is 2.53. The molecule has 1 heterocycles. The fourth-order valence-corrected chi connectivity index (χ4v) is 2.02. The molecule has 1 aliphatic rings. The van der Waals surface area contributed by atoms with Crippen molar-refractivity contribution in [2.75, 3.05) is 20.3 Å². The Balaban J connectivity index is 2.29. The molecule has 0 spiro atoms. The lowest BCUT2D eigenvalue weighted by Gasteiger charge is -2.11. The van der Waals surface area contributed by atoms with E-state index in [2.05, 4.69) is 10.1 Å². The van der Waals surface area contributed by atoms with Crippen molar-refractivity contribution in [3.05, 3.63) is 22.9 Å². The first-order valence-electron chi connectivity index (χ1n) is 5.88. The molecular formula is C12H17N3O3. The van der Waals surface area contributed by atoms with E-state index in [9.17, 15) is 0 Å². The van der Waals surface area contributed by atoms with E-state index in [1.54, 1.807) is 7.11 Å². The second kappa shape index (κ2) is 5.68. The molecule has 0 saturated carbocycles. The maximum absolute atomic E-state index is 8.79. The van der Waals surface area contributed by atoms with Gasteiger partial charge in [-0.15, -0.1) is 0 Å². The fourth-order valence-electron chi connectivity index (χ4n) is 2.02. The topological polar surface area (TPSA) is 90.0 Å². The molecule has 0 fully saturated rings. The second-order valence-electron chi connectivity index (χ2n) is 4.13. The van der Waals surface area contributed by atoms with E-state index in [-0.39, 0.29) is 5.84 Å². The molecule has 0 saturated heterocycles. The van der Waals surface area contributed by atoms with Crippen molar-refractivity contribution in [2.24, 2.45) is 10.9 Å². The fraction of sp³-hybridized carbons (Fsp3) is 0.500. The van der Waals surface area contributed by atoms with Gasteiger partial charge in [0.15, 0.2) is 5.84 Å². The quantitative estimate of drug-likeness (QED) is 0.264. The van der Waals surface area contributed by atoms with Crippen LogP contribution in [0.15, 0.2) is 11.2 Å². The van der Waals surface area contributed by atoms with Crippen LogP contribution < -0.4 is 10.5 Å². The van der Waals surface area contributed by atoms with Crippen LogP contribution >= 0.6 is 0 Å². The van der Waals surface area contributed by atoms with Crippen molar-refractivity contribution < 1.29 is 14.7 Å². The molecule has 18 heavy (non-hydrogen) atoms. The van der Waals surface area contributed by atoms with Gasteiger partial charge in [0.05, 0.1) is 12.2 Å². The molecule has 0 aliphatic heterocycles. The summed E-state index contributed by atoms with van der Waals surface area (Å²) in [6.07, 6.45) is 3.01. The number of amidine groups is 1. The lowest BCUT2D eigenvalue weighted by molar-refractivity contribution is 0.143. The summed E-state index contributed by atoms with van der Waals surface area (Å²) in [5.74, 6) is 0.424. The number of methoxy groups -OCH3 is 1. The molecule has 0 unspecified atom stereocenters. The van der Waals surface area contributed by atoms with E-state index >= 15 is 0 Å². The van der Waals surface area contributed by atoms with Gasteiger partial charge in [0.1, 0.15) is 6.61 Å². The predicted octanol–water partition coefficient (Wildman–Crippen LogP) is 0.690. The van der Waals surface area contributed by atoms with Gasteiger partial charge in [-0.25, -0.2) is 4.98 Å². The molecular weight excluding hydrogens is 234 g/mol. The van der Waals surface area contributed by atoms with Gasteiger partial charge < -0.3 is 20.4 Å². The number of nitrogens with zero attached hydrogens (tertiary/aromatic N) is 2. The van der Waals surface area contributed by atoms with Gasteiger partial charge in [0.2, 0.25) is 5.88 Å². The van der Waals surface area contributed by atoms with Crippen molar-refractivity contribution in [3.63, 3.8) is 0 Å². The standard InChI is InChI=1S/C12H17N3O3/c1-17-5-6-18-12-9(11(13)15-16)7-8-3-2-4-10(8)14-12/h7,16H,2-6H2,1H3,(H2,13,15).